The predicted molar refractivity (Wildman–Crippen MR) is 107 cm³/mol. The average Bonchev–Trinajstić information content (AvgIpc) is 2.68. The molecule has 9 heteroatoms. The Balaban J connectivity index is 1.90. The Morgan fingerprint density at radius 3 is 2.31 bits per heavy atom. The summed E-state index contributed by atoms with van der Waals surface area (Å²) in [6.07, 6.45) is 4.10. The van der Waals surface area contributed by atoms with Gasteiger partial charge in [0, 0.05) is 42.7 Å². The van der Waals surface area contributed by atoms with Gasteiger partial charge in [-0.2, -0.15) is 4.98 Å². The minimum absolute atomic E-state index is 0.173. The average molecular weight is 402 g/mol. The van der Waals surface area contributed by atoms with Crippen LogP contribution in [0.1, 0.15) is 6.42 Å². The molecule has 0 aliphatic carbocycles. The molecule has 29 heavy (non-hydrogen) atoms. The number of hydrogen-bond acceptors (Lipinski definition) is 6. The van der Waals surface area contributed by atoms with Gasteiger partial charge >= 0.3 is 0 Å². The monoisotopic (exact) mass is 402 g/mol. The van der Waals surface area contributed by atoms with E-state index in [9.17, 15) is 13.2 Å². The zero-order valence-corrected chi connectivity index (χ0v) is 16.1. The lowest BCUT2D eigenvalue weighted by atomic mass is 10.2. The largest absolute Gasteiger partial charge is 0.354 e. The zero-order valence-electron chi connectivity index (χ0n) is 16.1. The SMILES string of the molecule is CN(C)CCCNc1nc(Nc2c(F)cc(F)cc2F)cc(-c2ccncc2)n1. The van der Waals surface area contributed by atoms with E-state index in [0.717, 1.165) is 18.5 Å². The molecular weight excluding hydrogens is 381 g/mol. The maximum Gasteiger partial charge on any atom is 0.225 e. The summed E-state index contributed by atoms with van der Waals surface area (Å²) in [5.74, 6) is -2.61. The fraction of sp³-hybridized carbons (Fsp3) is 0.250. The number of anilines is 3. The first-order valence-electron chi connectivity index (χ1n) is 9.02. The number of benzene rings is 1. The number of aromatic nitrogens is 3. The quantitative estimate of drug-likeness (QED) is 0.554. The predicted octanol–water partition coefficient (Wildman–Crippen LogP) is 4.06. The molecule has 0 saturated carbocycles. The van der Waals surface area contributed by atoms with E-state index in [0.29, 0.717) is 30.3 Å². The van der Waals surface area contributed by atoms with Crippen LogP contribution >= 0.6 is 0 Å². The van der Waals surface area contributed by atoms with Crippen LogP contribution in [0.2, 0.25) is 0 Å². The van der Waals surface area contributed by atoms with Gasteiger partial charge in [0.25, 0.3) is 0 Å². The second kappa shape index (κ2) is 9.33. The Hall–Kier alpha value is -3.20. The molecule has 0 bridgehead atoms. The van der Waals surface area contributed by atoms with Crippen molar-refractivity contribution in [2.45, 2.75) is 6.42 Å². The molecule has 2 aromatic heterocycles. The van der Waals surface area contributed by atoms with Crippen molar-refractivity contribution in [3.05, 3.63) is 60.2 Å². The molecule has 0 aliphatic rings. The van der Waals surface area contributed by atoms with Gasteiger partial charge in [0.05, 0.1) is 5.69 Å². The van der Waals surface area contributed by atoms with Crippen molar-refractivity contribution >= 4 is 17.5 Å². The number of nitrogens with zero attached hydrogens (tertiary/aromatic N) is 4. The topological polar surface area (TPSA) is 66.0 Å². The van der Waals surface area contributed by atoms with Crippen molar-refractivity contribution in [1.82, 2.24) is 19.9 Å². The zero-order chi connectivity index (χ0) is 20.8. The molecule has 0 amide bonds. The van der Waals surface area contributed by atoms with Crippen molar-refractivity contribution < 1.29 is 13.2 Å². The van der Waals surface area contributed by atoms with Gasteiger partial charge in [0.15, 0.2) is 11.6 Å². The summed E-state index contributed by atoms with van der Waals surface area (Å²) < 4.78 is 41.2. The molecule has 1 aromatic carbocycles. The fourth-order valence-electron chi connectivity index (χ4n) is 2.65. The van der Waals surface area contributed by atoms with Crippen molar-refractivity contribution in [3.8, 4) is 11.3 Å². The molecule has 0 unspecified atom stereocenters. The Labute approximate surface area is 166 Å². The second-order valence-electron chi connectivity index (χ2n) is 6.65. The Morgan fingerprint density at radius 1 is 0.966 bits per heavy atom. The highest BCUT2D eigenvalue weighted by Crippen LogP contribution is 2.27. The van der Waals surface area contributed by atoms with Crippen LogP contribution in [0.3, 0.4) is 0 Å². The highest BCUT2D eigenvalue weighted by atomic mass is 19.1. The molecule has 0 aliphatic heterocycles. The standard InChI is InChI=1S/C20H21F3N6/c1-29(2)9-3-6-25-20-26-17(13-4-7-24-8-5-13)12-18(28-20)27-19-15(22)10-14(21)11-16(19)23/h4-5,7-8,10-12H,3,6,9H2,1-2H3,(H2,25,26,27,28). The summed E-state index contributed by atoms with van der Waals surface area (Å²) in [6.45, 7) is 1.50. The molecule has 0 radical (unpaired) electrons. The molecule has 3 aromatic rings. The fourth-order valence-corrected chi connectivity index (χ4v) is 2.65. The van der Waals surface area contributed by atoms with Crippen LogP contribution in [0.4, 0.5) is 30.6 Å². The third-order valence-electron chi connectivity index (χ3n) is 4.03. The number of rotatable bonds is 8. The third-order valence-corrected chi connectivity index (χ3v) is 4.03. The molecular formula is C20H21F3N6. The maximum atomic E-state index is 14.0. The lowest BCUT2D eigenvalue weighted by Crippen LogP contribution is -2.17. The van der Waals surface area contributed by atoms with Crippen LogP contribution < -0.4 is 10.6 Å². The molecule has 0 saturated heterocycles. The summed E-state index contributed by atoms with van der Waals surface area (Å²) in [7, 11) is 3.96. The number of hydrogen-bond donors (Lipinski definition) is 2. The van der Waals surface area contributed by atoms with Gasteiger partial charge in [-0.15, -0.1) is 0 Å². The van der Waals surface area contributed by atoms with Gasteiger partial charge in [-0.1, -0.05) is 0 Å². The molecule has 0 atom stereocenters. The van der Waals surface area contributed by atoms with Crippen LogP contribution in [0.25, 0.3) is 11.3 Å². The van der Waals surface area contributed by atoms with E-state index in [-0.39, 0.29) is 5.82 Å². The van der Waals surface area contributed by atoms with Gasteiger partial charge in [-0.3, -0.25) is 4.98 Å². The van der Waals surface area contributed by atoms with Crippen LogP contribution in [0, 0.1) is 17.5 Å². The molecule has 2 heterocycles. The lowest BCUT2D eigenvalue weighted by Gasteiger charge is -2.13. The van der Waals surface area contributed by atoms with Gasteiger partial charge in [0.2, 0.25) is 5.95 Å². The van der Waals surface area contributed by atoms with Crippen molar-refractivity contribution in [3.63, 3.8) is 0 Å². The molecule has 152 valence electrons. The van der Waals surface area contributed by atoms with E-state index in [2.05, 4.69) is 30.5 Å². The van der Waals surface area contributed by atoms with E-state index in [1.807, 2.05) is 14.1 Å². The number of halogens is 3. The van der Waals surface area contributed by atoms with Gasteiger partial charge in [-0.05, 0) is 39.2 Å². The van der Waals surface area contributed by atoms with E-state index >= 15 is 0 Å². The first kappa shape index (κ1) is 20.5. The normalized spacial score (nSPS) is 11.0. The van der Waals surface area contributed by atoms with Gasteiger partial charge in [-0.25, -0.2) is 18.2 Å². The Morgan fingerprint density at radius 2 is 1.66 bits per heavy atom. The van der Waals surface area contributed by atoms with E-state index in [1.165, 1.54) is 0 Å². The van der Waals surface area contributed by atoms with Crippen LogP contribution in [-0.4, -0.2) is 47.0 Å². The van der Waals surface area contributed by atoms with E-state index in [1.54, 1.807) is 30.6 Å². The lowest BCUT2D eigenvalue weighted by molar-refractivity contribution is 0.405. The van der Waals surface area contributed by atoms with Crippen molar-refractivity contribution in [2.75, 3.05) is 37.8 Å². The molecule has 0 spiro atoms. The smallest absolute Gasteiger partial charge is 0.225 e. The van der Waals surface area contributed by atoms with Crippen LogP contribution in [-0.2, 0) is 0 Å². The Bertz CT molecular complexity index is 943. The molecule has 2 N–H and O–H groups in total. The first-order valence-corrected chi connectivity index (χ1v) is 9.02. The summed E-state index contributed by atoms with van der Waals surface area (Å²) >= 11 is 0. The third kappa shape index (κ3) is 5.64. The van der Waals surface area contributed by atoms with E-state index < -0.39 is 23.1 Å². The number of pyridine rings is 1. The van der Waals surface area contributed by atoms with Gasteiger partial charge in [0.1, 0.15) is 17.3 Å². The summed E-state index contributed by atoms with van der Waals surface area (Å²) in [6, 6.07) is 6.30. The first-order chi connectivity index (χ1) is 13.9. The van der Waals surface area contributed by atoms with Crippen LogP contribution in [0.15, 0.2) is 42.7 Å². The second-order valence-corrected chi connectivity index (χ2v) is 6.65. The highest BCUT2D eigenvalue weighted by Gasteiger charge is 2.14. The summed E-state index contributed by atoms with van der Waals surface area (Å²) in [5.41, 5.74) is 0.828. The highest BCUT2D eigenvalue weighted by molar-refractivity contribution is 5.67. The minimum Gasteiger partial charge on any atom is -0.354 e. The molecule has 6 nitrogen and oxygen atoms in total. The summed E-state index contributed by atoms with van der Waals surface area (Å²) in [4.78, 5) is 14.8. The molecule has 3 rings (SSSR count). The molecule has 0 fully saturated rings. The van der Waals surface area contributed by atoms with Gasteiger partial charge < -0.3 is 15.5 Å². The van der Waals surface area contributed by atoms with Crippen molar-refractivity contribution in [1.29, 1.82) is 0 Å². The Kier molecular flexibility index (Phi) is 6.61. The van der Waals surface area contributed by atoms with Crippen molar-refractivity contribution in [2.24, 2.45) is 0 Å². The number of nitrogens with one attached hydrogen (secondary N) is 2. The maximum absolute atomic E-state index is 14.0. The minimum atomic E-state index is -1.05. The summed E-state index contributed by atoms with van der Waals surface area (Å²) in [5, 5.41) is 5.72. The van der Waals surface area contributed by atoms with Crippen LogP contribution in [0.5, 0.6) is 0 Å². The van der Waals surface area contributed by atoms with E-state index in [4.69, 9.17) is 0 Å².